The average Bonchev–Trinajstić information content (AvgIpc) is 3.31. The molecule has 2 N–H and O–H groups in total. The van der Waals surface area contributed by atoms with Gasteiger partial charge in [0, 0.05) is 18.2 Å². The lowest BCUT2D eigenvalue weighted by Crippen LogP contribution is -2.37. The van der Waals surface area contributed by atoms with Crippen molar-refractivity contribution in [3.63, 3.8) is 0 Å². The predicted octanol–water partition coefficient (Wildman–Crippen LogP) is 1.02. The summed E-state index contributed by atoms with van der Waals surface area (Å²) in [7, 11) is 0. The van der Waals surface area contributed by atoms with Gasteiger partial charge in [0.25, 0.3) is 11.8 Å². The molecule has 1 fully saturated rings. The Hall–Kier alpha value is -2.37. The van der Waals surface area contributed by atoms with Crippen LogP contribution in [0.2, 0.25) is 0 Å². The maximum atomic E-state index is 11.8. The van der Waals surface area contributed by atoms with Crippen LogP contribution < -0.4 is 10.6 Å². The summed E-state index contributed by atoms with van der Waals surface area (Å²) in [6.07, 6.45) is 1.19. The van der Waals surface area contributed by atoms with Gasteiger partial charge in [-0.15, -0.1) is 0 Å². The second-order valence-electron chi connectivity index (χ2n) is 5.29. The van der Waals surface area contributed by atoms with E-state index < -0.39 is 12.1 Å². The van der Waals surface area contributed by atoms with Crippen LogP contribution in [0.25, 0.3) is 0 Å². The normalized spacial score (nSPS) is 14.8. The van der Waals surface area contributed by atoms with E-state index >= 15 is 0 Å². The van der Waals surface area contributed by atoms with Crippen LogP contribution in [-0.2, 0) is 14.3 Å². The molecule has 1 atom stereocenters. The smallest absolute Gasteiger partial charge is 0.308 e. The molecule has 1 saturated carbocycles. The molecule has 1 aliphatic carbocycles. The number of hydrogen-bond donors (Lipinski definition) is 2. The Morgan fingerprint density at radius 1 is 1.23 bits per heavy atom. The summed E-state index contributed by atoms with van der Waals surface area (Å²) < 4.78 is 5.03. The van der Waals surface area contributed by atoms with E-state index in [1.54, 1.807) is 24.3 Å². The third-order valence-electron chi connectivity index (χ3n) is 3.25. The minimum absolute atomic E-state index is 0.0274. The van der Waals surface area contributed by atoms with Crippen molar-refractivity contribution in [1.82, 2.24) is 10.6 Å². The van der Waals surface area contributed by atoms with Crippen molar-refractivity contribution in [1.29, 1.82) is 0 Å². The Labute approximate surface area is 129 Å². The van der Waals surface area contributed by atoms with Crippen LogP contribution in [0, 0.1) is 0 Å². The molecule has 6 heteroatoms. The number of carbonyl (C=O) groups excluding carboxylic acids is 3. The van der Waals surface area contributed by atoms with Crippen molar-refractivity contribution >= 4 is 17.8 Å². The first-order chi connectivity index (χ1) is 10.6. The van der Waals surface area contributed by atoms with Gasteiger partial charge >= 0.3 is 5.97 Å². The van der Waals surface area contributed by atoms with Crippen molar-refractivity contribution in [2.24, 2.45) is 0 Å². The monoisotopic (exact) mass is 304 g/mol. The Balaban J connectivity index is 1.64. The first kappa shape index (κ1) is 16.0. The maximum absolute atomic E-state index is 11.8. The van der Waals surface area contributed by atoms with E-state index in [1.165, 1.54) is 6.92 Å². The van der Waals surface area contributed by atoms with Crippen LogP contribution in [0.1, 0.15) is 36.5 Å². The molecule has 1 unspecified atom stereocenters. The Kier molecular flexibility index (Phi) is 5.52. The lowest BCUT2D eigenvalue weighted by molar-refractivity contribution is -0.154. The maximum Gasteiger partial charge on any atom is 0.308 e. The Morgan fingerprint density at radius 2 is 1.91 bits per heavy atom. The molecule has 1 aliphatic rings. The van der Waals surface area contributed by atoms with E-state index in [-0.39, 0.29) is 30.8 Å². The summed E-state index contributed by atoms with van der Waals surface area (Å²) in [6, 6.07) is 8.98. The van der Waals surface area contributed by atoms with E-state index in [9.17, 15) is 14.4 Å². The van der Waals surface area contributed by atoms with E-state index in [0.29, 0.717) is 5.56 Å². The lowest BCUT2D eigenvalue weighted by atomic mass is 10.2. The molecular formula is C16H20N2O4. The molecule has 2 amide bonds. The molecule has 0 saturated heterocycles. The fourth-order valence-corrected chi connectivity index (χ4v) is 1.83. The molecule has 6 nitrogen and oxygen atoms in total. The topological polar surface area (TPSA) is 84.5 Å². The molecule has 0 heterocycles. The number of hydrogen-bond acceptors (Lipinski definition) is 4. The third kappa shape index (κ3) is 5.20. The van der Waals surface area contributed by atoms with Gasteiger partial charge < -0.3 is 15.4 Å². The predicted molar refractivity (Wildman–Crippen MR) is 80.1 cm³/mol. The van der Waals surface area contributed by atoms with Gasteiger partial charge in [0.2, 0.25) is 0 Å². The van der Waals surface area contributed by atoms with Gasteiger partial charge in [-0.25, -0.2) is 0 Å². The summed E-state index contributed by atoms with van der Waals surface area (Å²) in [6.45, 7) is 1.71. The molecule has 0 bridgehead atoms. The number of nitrogens with one attached hydrogen (secondary N) is 2. The molecule has 2 rings (SSSR count). The second-order valence-corrected chi connectivity index (χ2v) is 5.29. The number of amides is 2. The van der Waals surface area contributed by atoms with Crippen LogP contribution >= 0.6 is 0 Å². The SMILES string of the molecule is CC(OC(=O)CCNC(=O)c1ccccc1)C(=O)NC1CC1. The summed E-state index contributed by atoms with van der Waals surface area (Å²) in [5.41, 5.74) is 0.535. The Morgan fingerprint density at radius 3 is 2.55 bits per heavy atom. The van der Waals surface area contributed by atoms with Gasteiger partial charge in [0.05, 0.1) is 6.42 Å². The van der Waals surface area contributed by atoms with Crippen LogP contribution in [0.5, 0.6) is 0 Å². The van der Waals surface area contributed by atoms with Gasteiger partial charge in [-0.3, -0.25) is 14.4 Å². The van der Waals surface area contributed by atoms with Crippen molar-refractivity contribution < 1.29 is 19.1 Å². The van der Waals surface area contributed by atoms with E-state index in [1.807, 2.05) is 6.07 Å². The zero-order chi connectivity index (χ0) is 15.9. The fourth-order valence-electron chi connectivity index (χ4n) is 1.83. The van der Waals surface area contributed by atoms with Gasteiger partial charge in [0.1, 0.15) is 0 Å². The molecule has 118 valence electrons. The average molecular weight is 304 g/mol. The highest BCUT2D eigenvalue weighted by Gasteiger charge is 2.27. The van der Waals surface area contributed by atoms with E-state index in [4.69, 9.17) is 4.74 Å². The summed E-state index contributed by atoms with van der Waals surface area (Å²) in [5, 5.41) is 5.40. The first-order valence-electron chi connectivity index (χ1n) is 7.39. The van der Waals surface area contributed by atoms with E-state index in [2.05, 4.69) is 10.6 Å². The zero-order valence-electron chi connectivity index (χ0n) is 12.5. The van der Waals surface area contributed by atoms with Crippen LogP contribution in [0.3, 0.4) is 0 Å². The van der Waals surface area contributed by atoms with Crippen LogP contribution in [0.15, 0.2) is 30.3 Å². The minimum atomic E-state index is -0.807. The number of carbonyl (C=O) groups is 3. The number of benzene rings is 1. The number of esters is 1. The Bertz CT molecular complexity index is 540. The van der Waals surface area contributed by atoms with Crippen LogP contribution in [-0.4, -0.2) is 36.5 Å². The largest absolute Gasteiger partial charge is 0.452 e. The van der Waals surface area contributed by atoms with Gasteiger partial charge in [-0.1, -0.05) is 18.2 Å². The van der Waals surface area contributed by atoms with Crippen molar-refractivity contribution in [2.75, 3.05) is 6.54 Å². The van der Waals surface area contributed by atoms with Gasteiger partial charge in [-0.2, -0.15) is 0 Å². The highest BCUT2D eigenvalue weighted by Crippen LogP contribution is 2.18. The molecule has 0 radical (unpaired) electrons. The molecule has 0 aliphatic heterocycles. The molecule has 1 aromatic carbocycles. The minimum Gasteiger partial charge on any atom is -0.452 e. The molecule has 1 aromatic rings. The van der Waals surface area contributed by atoms with Crippen molar-refractivity contribution in [3.05, 3.63) is 35.9 Å². The number of ether oxygens (including phenoxy) is 1. The summed E-state index contributed by atoms with van der Waals surface area (Å²) >= 11 is 0. The highest BCUT2D eigenvalue weighted by atomic mass is 16.5. The summed E-state index contributed by atoms with van der Waals surface area (Å²) in [5.74, 6) is -1.02. The molecule has 22 heavy (non-hydrogen) atoms. The van der Waals surface area contributed by atoms with Crippen molar-refractivity contribution in [3.8, 4) is 0 Å². The highest BCUT2D eigenvalue weighted by molar-refractivity contribution is 5.94. The van der Waals surface area contributed by atoms with Crippen LogP contribution in [0.4, 0.5) is 0 Å². The van der Waals surface area contributed by atoms with Crippen molar-refractivity contribution in [2.45, 2.75) is 38.3 Å². The molecular weight excluding hydrogens is 284 g/mol. The first-order valence-corrected chi connectivity index (χ1v) is 7.39. The molecule has 0 spiro atoms. The van der Waals surface area contributed by atoms with Gasteiger partial charge in [0.15, 0.2) is 6.10 Å². The third-order valence-corrected chi connectivity index (χ3v) is 3.25. The second kappa shape index (κ2) is 7.59. The standard InChI is InChI=1S/C16H20N2O4/c1-11(15(20)18-13-7-8-13)22-14(19)9-10-17-16(21)12-5-3-2-4-6-12/h2-6,11,13H,7-10H2,1H3,(H,17,21)(H,18,20). The lowest BCUT2D eigenvalue weighted by Gasteiger charge is -2.13. The molecule has 0 aromatic heterocycles. The quantitative estimate of drug-likeness (QED) is 0.737. The van der Waals surface area contributed by atoms with Gasteiger partial charge in [-0.05, 0) is 31.9 Å². The van der Waals surface area contributed by atoms with E-state index in [0.717, 1.165) is 12.8 Å². The summed E-state index contributed by atoms with van der Waals surface area (Å²) in [4.78, 5) is 35.0. The zero-order valence-corrected chi connectivity index (χ0v) is 12.5. The number of rotatable bonds is 7. The fraction of sp³-hybridized carbons (Fsp3) is 0.438.